The SMILES string of the molecule is COc1ccc(Nc2ccc(N)c(OC)n2)c(OC)c1. The lowest BCUT2D eigenvalue weighted by atomic mass is 10.2. The van der Waals surface area contributed by atoms with E-state index in [1.54, 1.807) is 32.4 Å². The van der Waals surface area contributed by atoms with Crippen molar-refractivity contribution in [1.82, 2.24) is 4.98 Å². The lowest BCUT2D eigenvalue weighted by Crippen LogP contribution is -2.00. The maximum absolute atomic E-state index is 5.73. The molecule has 0 atom stereocenters. The number of nitrogens with two attached hydrogens (primary N) is 1. The molecule has 2 aromatic rings. The number of rotatable bonds is 5. The molecule has 0 unspecified atom stereocenters. The number of anilines is 3. The molecule has 0 aliphatic heterocycles. The van der Waals surface area contributed by atoms with Crippen molar-refractivity contribution in [2.75, 3.05) is 32.4 Å². The quantitative estimate of drug-likeness (QED) is 0.872. The van der Waals surface area contributed by atoms with Crippen LogP contribution in [0.2, 0.25) is 0 Å². The van der Waals surface area contributed by atoms with E-state index in [0.29, 0.717) is 23.1 Å². The molecule has 0 radical (unpaired) electrons. The summed E-state index contributed by atoms with van der Waals surface area (Å²) in [6.45, 7) is 0. The molecule has 6 nitrogen and oxygen atoms in total. The van der Waals surface area contributed by atoms with Crippen LogP contribution in [0.1, 0.15) is 0 Å². The zero-order valence-electron chi connectivity index (χ0n) is 11.6. The van der Waals surface area contributed by atoms with Gasteiger partial charge in [0.1, 0.15) is 17.3 Å². The number of nitrogen functional groups attached to an aromatic ring is 1. The van der Waals surface area contributed by atoms with Crippen molar-refractivity contribution in [2.45, 2.75) is 0 Å². The first kappa shape index (κ1) is 13.8. The normalized spacial score (nSPS) is 9.95. The molecular weight excluding hydrogens is 258 g/mol. The highest BCUT2D eigenvalue weighted by Crippen LogP contribution is 2.32. The number of pyridine rings is 1. The smallest absolute Gasteiger partial charge is 0.238 e. The average molecular weight is 275 g/mol. The largest absolute Gasteiger partial charge is 0.497 e. The Balaban J connectivity index is 2.29. The van der Waals surface area contributed by atoms with E-state index in [0.717, 1.165) is 11.4 Å². The van der Waals surface area contributed by atoms with Crippen LogP contribution in [0.4, 0.5) is 17.2 Å². The van der Waals surface area contributed by atoms with E-state index < -0.39 is 0 Å². The molecule has 1 heterocycles. The summed E-state index contributed by atoms with van der Waals surface area (Å²) in [7, 11) is 4.72. The van der Waals surface area contributed by atoms with Crippen LogP contribution in [-0.4, -0.2) is 26.3 Å². The molecule has 2 rings (SSSR count). The summed E-state index contributed by atoms with van der Waals surface area (Å²) in [4.78, 5) is 4.26. The molecule has 1 aromatic carbocycles. The third-order valence-electron chi connectivity index (χ3n) is 2.75. The van der Waals surface area contributed by atoms with Crippen molar-refractivity contribution in [3.8, 4) is 17.4 Å². The Morgan fingerprint density at radius 1 is 1.00 bits per heavy atom. The summed E-state index contributed by atoms with van der Waals surface area (Å²) in [5, 5.41) is 3.15. The van der Waals surface area contributed by atoms with Gasteiger partial charge in [-0.25, -0.2) is 0 Å². The second kappa shape index (κ2) is 6.01. The summed E-state index contributed by atoms with van der Waals surface area (Å²) in [6.07, 6.45) is 0. The summed E-state index contributed by atoms with van der Waals surface area (Å²) in [5.74, 6) is 2.36. The molecule has 106 valence electrons. The highest BCUT2D eigenvalue weighted by Gasteiger charge is 2.08. The standard InChI is InChI=1S/C14H17N3O3/c1-18-9-4-6-11(12(8-9)19-2)16-13-7-5-10(15)14(17-13)20-3/h4-8H,15H2,1-3H3,(H,16,17). The number of hydrogen-bond donors (Lipinski definition) is 2. The van der Waals surface area contributed by atoms with E-state index in [1.165, 1.54) is 7.11 Å². The van der Waals surface area contributed by atoms with Gasteiger partial charge in [-0.3, -0.25) is 0 Å². The van der Waals surface area contributed by atoms with Crippen LogP contribution in [0, 0.1) is 0 Å². The van der Waals surface area contributed by atoms with Crippen LogP contribution < -0.4 is 25.3 Å². The van der Waals surface area contributed by atoms with Gasteiger partial charge in [-0.2, -0.15) is 4.98 Å². The number of nitrogens with zero attached hydrogens (tertiary/aromatic N) is 1. The fourth-order valence-corrected chi connectivity index (χ4v) is 1.72. The molecule has 0 fully saturated rings. The number of hydrogen-bond acceptors (Lipinski definition) is 6. The summed E-state index contributed by atoms with van der Waals surface area (Å²) < 4.78 is 15.6. The average Bonchev–Trinajstić information content (AvgIpc) is 2.49. The number of ether oxygens (including phenoxy) is 3. The summed E-state index contributed by atoms with van der Waals surface area (Å²) in [6, 6.07) is 8.96. The van der Waals surface area contributed by atoms with Crippen LogP contribution in [0.3, 0.4) is 0 Å². The van der Waals surface area contributed by atoms with E-state index in [9.17, 15) is 0 Å². The van der Waals surface area contributed by atoms with Gasteiger partial charge >= 0.3 is 0 Å². The van der Waals surface area contributed by atoms with Gasteiger partial charge in [0.2, 0.25) is 5.88 Å². The van der Waals surface area contributed by atoms with Crippen molar-refractivity contribution in [3.63, 3.8) is 0 Å². The lowest BCUT2D eigenvalue weighted by molar-refractivity contribution is 0.395. The Bertz CT molecular complexity index is 602. The molecule has 6 heteroatoms. The second-order valence-corrected chi connectivity index (χ2v) is 3.99. The van der Waals surface area contributed by atoms with Crippen molar-refractivity contribution < 1.29 is 14.2 Å². The van der Waals surface area contributed by atoms with Gasteiger partial charge in [0.25, 0.3) is 0 Å². The fraction of sp³-hybridized carbons (Fsp3) is 0.214. The van der Waals surface area contributed by atoms with Gasteiger partial charge in [-0.05, 0) is 24.3 Å². The number of methoxy groups -OCH3 is 3. The Kier molecular flexibility index (Phi) is 4.14. The second-order valence-electron chi connectivity index (χ2n) is 3.99. The number of aromatic nitrogens is 1. The molecule has 0 aliphatic carbocycles. The zero-order valence-corrected chi connectivity index (χ0v) is 11.6. The van der Waals surface area contributed by atoms with Gasteiger partial charge < -0.3 is 25.3 Å². The van der Waals surface area contributed by atoms with Crippen LogP contribution in [-0.2, 0) is 0 Å². The zero-order chi connectivity index (χ0) is 14.5. The van der Waals surface area contributed by atoms with Crippen molar-refractivity contribution in [1.29, 1.82) is 0 Å². The Labute approximate surface area is 117 Å². The van der Waals surface area contributed by atoms with Gasteiger partial charge in [-0.15, -0.1) is 0 Å². The van der Waals surface area contributed by atoms with Gasteiger partial charge in [0.15, 0.2) is 0 Å². The molecule has 0 aliphatic rings. The molecule has 0 bridgehead atoms. The van der Waals surface area contributed by atoms with Crippen LogP contribution in [0.25, 0.3) is 0 Å². The number of nitrogens with one attached hydrogen (secondary N) is 1. The third kappa shape index (κ3) is 2.85. The highest BCUT2D eigenvalue weighted by atomic mass is 16.5. The summed E-state index contributed by atoms with van der Waals surface area (Å²) in [5.41, 5.74) is 6.99. The molecule has 3 N–H and O–H groups in total. The molecule has 0 amide bonds. The van der Waals surface area contributed by atoms with Crippen molar-refractivity contribution in [3.05, 3.63) is 30.3 Å². The maximum atomic E-state index is 5.73. The molecular formula is C14H17N3O3. The first-order valence-corrected chi connectivity index (χ1v) is 5.97. The molecule has 20 heavy (non-hydrogen) atoms. The lowest BCUT2D eigenvalue weighted by Gasteiger charge is -2.13. The highest BCUT2D eigenvalue weighted by molar-refractivity contribution is 5.67. The van der Waals surface area contributed by atoms with Gasteiger partial charge in [0.05, 0.1) is 32.7 Å². The predicted octanol–water partition coefficient (Wildman–Crippen LogP) is 2.43. The van der Waals surface area contributed by atoms with E-state index in [1.807, 2.05) is 12.1 Å². The fourth-order valence-electron chi connectivity index (χ4n) is 1.72. The third-order valence-corrected chi connectivity index (χ3v) is 2.75. The van der Waals surface area contributed by atoms with Crippen molar-refractivity contribution >= 4 is 17.2 Å². The Morgan fingerprint density at radius 2 is 1.80 bits per heavy atom. The van der Waals surface area contributed by atoms with Gasteiger partial charge in [0, 0.05) is 6.07 Å². The van der Waals surface area contributed by atoms with Crippen LogP contribution in [0.15, 0.2) is 30.3 Å². The van der Waals surface area contributed by atoms with E-state index in [4.69, 9.17) is 19.9 Å². The molecule has 0 spiro atoms. The van der Waals surface area contributed by atoms with Crippen LogP contribution in [0.5, 0.6) is 17.4 Å². The van der Waals surface area contributed by atoms with Crippen molar-refractivity contribution in [2.24, 2.45) is 0 Å². The van der Waals surface area contributed by atoms with E-state index in [-0.39, 0.29) is 0 Å². The molecule has 0 saturated carbocycles. The van der Waals surface area contributed by atoms with E-state index >= 15 is 0 Å². The minimum atomic E-state index is 0.377. The predicted molar refractivity (Wildman–Crippen MR) is 78.0 cm³/mol. The molecule has 1 aromatic heterocycles. The minimum absolute atomic E-state index is 0.377. The Morgan fingerprint density at radius 3 is 2.45 bits per heavy atom. The minimum Gasteiger partial charge on any atom is -0.497 e. The summed E-state index contributed by atoms with van der Waals surface area (Å²) >= 11 is 0. The van der Waals surface area contributed by atoms with Gasteiger partial charge in [-0.1, -0.05) is 0 Å². The first-order chi connectivity index (χ1) is 9.67. The maximum Gasteiger partial charge on any atom is 0.238 e. The van der Waals surface area contributed by atoms with Crippen LogP contribution >= 0.6 is 0 Å². The molecule has 0 saturated heterocycles. The monoisotopic (exact) mass is 275 g/mol. The Hall–Kier alpha value is -2.63. The first-order valence-electron chi connectivity index (χ1n) is 5.97. The topological polar surface area (TPSA) is 78.6 Å². The van der Waals surface area contributed by atoms with E-state index in [2.05, 4.69) is 10.3 Å². The number of benzene rings is 1.